The van der Waals surface area contributed by atoms with Crippen LogP contribution in [0, 0.1) is 0 Å². The number of thioether (sulfide) groups is 1. The molecule has 0 spiro atoms. The summed E-state index contributed by atoms with van der Waals surface area (Å²) in [6.45, 7) is 4.95. The van der Waals surface area contributed by atoms with Crippen molar-refractivity contribution in [2.24, 2.45) is 7.05 Å². The number of aromatic nitrogens is 6. The zero-order valence-corrected chi connectivity index (χ0v) is 12.5. The van der Waals surface area contributed by atoms with E-state index in [4.69, 9.17) is 0 Å². The van der Waals surface area contributed by atoms with Crippen LogP contribution in [0.15, 0.2) is 11.5 Å². The molecule has 0 bridgehead atoms. The van der Waals surface area contributed by atoms with Crippen LogP contribution in [0.2, 0.25) is 0 Å². The van der Waals surface area contributed by atoms with Crippen molar-refractivity contribution in [1.82, 2.24) is 34.8 Å². The van der Waals surface area contributed by atoms with Crippen LogP contribution in [0.3, 0.4) is 0 Å². The molecule has 0 atom stereocenters. The van der Waals surface area contributed by atoms with Gasteiger partial charge in [-0.15, -0.1) is 20.4 Å². The van der Waals surface area contributed by atoms with Gasteiger partial charge in [-0.1, -0.05) is 11.8 Å². The highest BCUT2D eigenvalue weighted by molar-refractivity contribution is 7.98. The first-order valence-corrected chi connectivity index (χ1v) is 7.16. The maximum Gasteiger partial charge on any atom is 0.191 e. The molecule has 104 valence electrons. The van der Waals surface area contributed by atoms with Crippen LogP contribution in [0.25, 0.3) is 0 Å². The van der Waals surface area contributed by atoms with Crippen LogP contribution in [-0.2, 0) is 19.3 Å². The van der Waals surface area contributed by atoms with Gasteiger partial charge < -0.3 is 14.5 Å². The van der Waals surface area contributed by atoms with Crippen LogP contribution in [0.4, 0.5) is 0 Å². The zero-order chi connectivity index (χ0) is 13.8. The number of rotatable bonds is 6. The highest BCUT2D eigenvalue weighted by atomic mass is 32.2. The summed E-state index contributed by atoms with van der Waals surface area (Å²) < 4.78 is 4.06. The second kappa shape index (κ2) is 6.16. The summed E-state index contributed by atoms with van der Waals surface area (Å²) >= 11 is 1.62. The van der Waals surface area contributed by atoms with Crippen LogP contribution < -0.4 is 5.32 Å². The van der Waals surface area contributed by atoms with E-state index in [-0.39, 0.29) is 0 Å². The minimum absolute atomic E-state index is 0.366. The quantitative estimate of drug-likeness (QED) is 0.796. The van der Waals surface area contributed by atoms with Crippen molar-refractivity contribution in [3.8, 4) is 0 Å². The van der Waals surface area contributed by atoms with E-state index in [0.717, 1.165) is 22.6 Å². The van der Waals surface area contributed by atoms with Gasteiger partial charge >= 0.3 is 0 Å². The Kier molecular flexibility index (Phi) is 4.54. The molecule has 7 nitrogen and oxygen atoms in total. The molecular weight excluding hydrogens is 262 g/mol. The second-order valence-electron chi connectivity index (χ2n) is 4.53. The Morgan fingerprint density at radius 3 is 2.74 bits per heavy atom. The minimum atomic E-state index is 0.366. The standard InChI is InChI=1S/C11H19N7S/c1-8(2)18-7-13-14-10(18)6-19-11-16-15-9(5-12-3)17(11)4/h7-8,12H,5-6H2,1-4H3. The molecule has 2 heterocycles. The second-order valence-corrected chi connectivity index (χ2v) is 5.47. The molecule has 19 heavy (non-hydrogen) atoms. The van der Waals surface area contributed by atoms with Crippen molar-refractivity contribution < 1.29 is 0 Å². The van der Waals surface area contributed by atoms with Gasteiger partial charge in [0.05, 0.1) is 12.3 Å². The first-order chi connectivity index (χ1) is 9.13. The summed E-state index contributed by atoms with van der Waals surface area (Å²) in [4.78, 5) is 0. The van der Waals surface area contributed by atoms with E-state index in [9.17, 15) is 0 Å². The van der Waals surface area contributed by atoms with Gasteiger partial charge in [-0.25, -0.2) is 0 Å². The molecule has 2 aromatic rings. The first-order valence-electron chi connectivity index (χ1n) is 6.17. The van der Waals surface area contributed by atoms with E-state index in [2.05, 4.69) is 44.1 Å². The summed E-state index contributed by atoms with van der Waals surface area (Å²) in [6.07, 6.45) is 1.77. The lowest BCUT2D eigenvalue weighted by atomic mass is 10.4. The van der Waals surface area contributed by atoms with E-state index >= 15 is 0 Å². The Morgan fingerprint density at radius 2 is 2.05 bits per heavy atom. The molecule has 8 heteroatoms. The largest absolute Gasteiger partial charge is 0.314 e. The van der Waals surface area contributed by atoms with Gasteiger partial charge in [0, 0.05) is 13.1 Å². The van der Waals surface area contributed by atoms with Crippen LogP contribution in [0.1, 0.15) is 31.5 Å². The van der Waals surface area contributed by atoms with Crippen molar-refractivity contribution in [3.05, 3.63) is 18.0 Å². The smallest absolute Gasteiger partial charge is 0.191 e. The highest BCUT2D eigenvalue weighted by Crippen LogP contribution is 2.21. The summed E-state index contributed by atoms with van der Waals surface area (Å²) in [7, 11) is 3.87. The SMILES string of the molecule is CNCc1nnc(SCc2nncn2C(C)C)n1C. The molecule has 0 fully saturated rings. The Bertz CT molecular complexity index is 531. The average Bonchev–Trinajstić information content (AvgIpc) is 2.96. The molecule has 0 saturated carbocycles. The van der Waals surface area contributed by atoms with Crippen molar-refractivity contribution in [2.45, 2.75) is 37.3 Å². The van der Waals surface area contributed by atoms with E-state index in [1.54, 1.807) is 18.1 Å². The predicted molar refractivity (Wildman–Crippen MR) is 73.7 cm³/mol. The molecular formula is C11H19N7S. The molecule has 1 N–H and O–H groups in total. The lowest BCUT2D eigenvalue weighted by Crippen LogP contribution is -2.10. The number of nitrogens with one attached hydrogen (secondary N) is 1. The molecule has 0 saturated heterocycles. The van der Waals surface area contributed by atoms with Crippen molar-refractivity contribution in [1.29, 1.82) is 0 Å². The van der Waals surface area contributed by atoms with Crippen molar-refractivity contribution in [3.63, 3.8) is 0 Å². The van der Waals surface area contributed by atoms with Crippen molar-refractivity contribution in [2.75, 3.05) is 7.05 Å². The fourth-order valence-electron chi connectivity index (χ4n) is 1.71. The lowest BCUT2D eigenvalue weighted by Gasteiger charge is -2.09. The Morgan fingerprint density at radius 1 is 1.26 bits per heavy atom. The van der Waals surface area contributed by atoms with Crippen LogP contribution >= 0.6 is 11.8 Å². The molecule has 2 rings (SSSR count). The van der Waals surface area contributed by atoms with Gasteiger partial charge in [-0.2, -0.15) is 0 Å². The van der Waals surface area contributed by atoms with E-state index < -0.39 is 0 Å². The summed E-state index contributed by atoms with van der Waals surface area (Å²) in [5, 5.41) is 20.4. The van der Waals surface area contributed by atoms with Gasteiger partial charge in [-0.3, -0.25) is 0 Å². The minimum Gasteiger partial charge on any atom is -0.314 e. The van der Waals surface area contributed by atoms with Gasteiger partial charge in [-0.05, 0) is 20.9 Å². The fraction of sp³-hybridized carbons (Fsp3) is 0.636. The third-order valence-corrected chi connectivity index (χ3v) is 3.81. The highest BCUT2D eigenvalue weighted by Gasteiger charge is 2.12. The van der Waals surface area contributed by atoms with Gasteiger partial charge in [0.1, 0.15) is 18.0 Å². The number of hydrogen-bond acceptors (Lipinski definition) is 6. The molecule has 0 radical (unpaired) electrons. The van der Waals surface area contributed by atoms with Gasteiger partial charge in [0.15, 0.2) is 5.16 Å². The van der Waals surface area contributed by atoms with Crippen LogP contribution in [0.5, 0.6) is 0 Å². The first kappa shape index (κ1) is 14.0. The Balaban J connectivity index is 2.04. The predicted octanol–water partition coefficient (Wildman–Crippen LogP) is 0.999. The molecule has 0 unspecified atom stereocenters. The maximum absolute atomic E-state index is 4.19. The topological polar surface area (TPSA) is 73.5 Å². The molecule has 0 amide bonds. The molecule has 0 aromatic carbocycles. The Labute approximate surface area is 116 Å². The van der Waals surface area contributed by atoms with E-state index in [1.165, 1.54) is 0 Å². The monoisotopic (exact) mass is 281 g/mol. The molecule has 2 aromatic heterocycles. The number of nitrogens with zero attached hydrogens (tertiary/aromatic N) is 6. The molecule has 0 aliphatic rings. The molecule has 0 aliphatic heterocycles. The van der Waals surface area contributed by atoms with Gasteiger partial charge in [0.2, 0.25) is 0 Å². The van der Waals surface area contributed by atoms with E-state index in [0.29, 0.717) is 12.6 Å². The van der Waals surface area contributed by atoms with E-state index in [1.807, 2.05) is 18.7 Å². The number of hydrogen-bond donors (Lipinski definition) is 1. The maximum atomic E-state index is 4.19. The fourth-order valence-corrected chi connectivity index (χ4v) is 2.58. The van der Waals surface area contributed by atoms with Gasteiger partial charge in [0.25, 0.3) is 0 Å². The normalized spacial score (nSPS) is 11.4. The summed E-state index contributed by atoms with van der Waals surface area (Å²) in [5.41, 5.74) is 0. The van der Waals surface area contributed by atoms with Crippen LogP contribution in [-0.4, -0.2) is 36.6 Å². The third kappa shape index (κ3) is 3.13. The summed E-state index contributed by atoms with van der Waals surface area (Å²) in [5.74, 6) is 2.62. The Hall–Kier alpha value is -1.41. The zero-order valence-electron chi connectivity index (χ0n) is 11.7. The summed E-state index contributed by atoms with van der Waals surface area (Å²) in [6, 6.07) is 0.366. The average molecular weight is 281 g/mol. The molecule has 0 aliphatic carbocycles. The van der Waals surface area contributed by atoms with Crippen molar-refractivity contribution >= 4 is 11.8 Å². The third-order valence-electron chi connectivity index (χ3n) is 2.79. The lowest BCUT2D eigenvalue weighted by molar-refractivity contribution is 0.579.